The minimum absolute atomic E-state index is 0.251. The molecule has 0 radical (unpaired) electrons. The molecule has 16 heavy (non-hydrogen) atoms. The summed E-state index contributed by atoms with van der Waals surface area (Å²) >= 11 is 0. The first kappa shape index (κ1) is 11.8. The van der Waals surface area contributed by atoms with E-state index in [-0.39, 0.29) is 11.9 Å². The Bertz CT molecular complexity index is 260. The summed E-state index contributed by atoms with van der Waals surface area (Å²) in [5.41, 5.74) is 5.34. The quantitative estimate of drug-likeness (QED) is 0.667. The summed E-state index contributed by atoms with van der Waals surface area (Å²) in [6.45, 7) is 2.39. The monoisotopic (exact) mass is 227 g/mol. The molecule has 0 spiro atoms. The van der Waals surface area contributed by atoms with Crippen molar-refractivity contribution >= 4 is 5.91 Å². The molecule has 2 fully saturated rings. The number of amides is 1. The van der Waals surface area contributed by atoms with E-state index in [1.54, 1.807) is 7.05 Å². The molecule has 1 saturated carbocycles. The number of hydrogen-bond donors (Lipinski definition) is 2. The fourth-order valence-corrected chi connectivity index (χ4v) is 2.79. The molecule has 1 amide bonds. The molecule has 1 aliphatic heterocycles. The number of likely N-dealkylation sites (N-methyl/N-ethyl adjacent to an activating group) is 1. The number of hydrogen-bond acceptors (Lipinski definition) is 4. The topological polar surface area (TPSA) is 67.6 Å². The Hall–Kier alpha value is -0.650. The van der Waals surface area contributed by atoms with Crippen molar-refractivity contribution in [1.82, 2.24) is 10.2 Å². The highest BCUT2D eigenvalue weighted by atomic mass is 16.5. The summed E-state index contributed by atoms with van der Waals surface area (Å²) in [6, 6.07) is 0.239. The molecule has 0 aromatic carbocycles. The maximum atomic E-state index is 11.2. The van der Waals surface area contributed by atoms with Crippen LogP contribution in [0.3, 0.4) is 0 Å². The van der Waals surface area contributed by atoms with Gasteiger partial charge in [0.15, 0.2) is 0 Å². The molecule has 2 aliphatic rings. The second-order valence-corrected chi connectivity index (χ2v) is 4.65. The normalized spacial score (nSPS) is 32.3. The molecule has 0 aromatic rings. The molecule has 2 rings (SSSR count). The number of morpholine rings is 1. The van der Waals surface area contributed by atoms with Gasteiger partial charge in [0.25, 0.3) is 0 Å². The molecule has 0 bridgehead atoms. The van der Waals surface area contributed by atoms with Gasteiger partial charge in [-0.25, -0.2) is 0 Å². The van der Waals surface area contributed by atoms with Gasteiger partial charge in [-0.05, 0) is 26.3 Å². The Labute approximate surface area is 96.3 Å². The van der Waals surface area contributed by atoms with E-state index >= 15 is 0 Å². The Kier molecular flexibility index (Phi) is 3.78. The standard InChI is InChI=1S/C11H21N3O2/c1-13-8(11(12)15)7-14-5-6-16-10-4-2-3-9(10)14/h8-10,13H,2-7H2,1H3,(H2,12,15). The van der Waals surface area contributed by atoms with Gasteiger partial charge in [0.2, 0.25) is 5.91 Å². The van der Waals surface area contributed by atoms with Gasteiger partial charge in [-0.2, -0.15) is 0 Å². The highest BCUT2D eigenvalue weighted by Gasteiger charge is 2.37. The number of fused-ring (bicyclic) bond motifs is 1. The fraction of sp³-hybridized carbons (Fsp3) is 0.909. The fourth-order valence-electron chi connectivity index (χ4n) is 2.79. The van der Waals surface area contributed by atoms with Gasteiger partial charge in [-0.15, -0.1) is 0 Å². The molecule has 3 unspecified atom stereocenters. The minimum Gasteiger partial charge on any atom is -0.375 e. The SMILES string of the molecule is CNC(CN1CCOC2CCCC21)C(N)=O. The van der Waals surface area contributed by atoms with Crippen LogP contribution in [-0.2, 0) is 9.53 Å². The molecule has 1 heterocycles. The summed E-state index contributed by atoms with van der Waals surface area (Å²) in [6.07, 6.45) is 3.94. The Morgan fingerprint density at radius 2 is 2.44 bits per heavy atom. The van der Waals surface area contributed by atoms with Crippen molar-refractivity contribution in [1.29, 1.82) is 0 Å². The summed E-state index contributed by atoms with van der Waals surface area (Å²) in [4.78, 5) is 13.6. The van der Waals surface area contributed by atoms with Gasteiger partial charge >= 0.3 is 0 Å². The van der Waals surface area contributed by atoms with Gasteiger partial charge in [-0.3, -0.25) is 9.69 Å². The average molecular weight is 227 g/mol. The number of ether oxygens (including phenoxy) is 1. The maximum absolute atomic E-state index is 11.2. The van der Waals surface area contributed by atoms with Crippen LogP contribution in [0.15, 0.2) is 0 Å². The second kappa shape index (κ2) is 5.12. The zero-order valence-corrected chi connectivity index (χ0v) is 9.82. The molecule has 92 valence electrons. The Morgan fingerprint density at radius 3 is 3.12 bits per heavy atom. The number of rotatable bonds is 4. The Morgan fingerprint density at radius 1 is 1.62 bits per heavy atom. The van der Waals surface area contributed by atoms with Crippen molar-refractivity contribution in [3.63, 3.8) is 0 Å². The van der Waals surface area contributed by atoms with E-state index in [0.717, 1.165) is 19.6 Å². The predicted molar refractivity (Wildman–Crippen MR) is 61.0 cm³/mol. The highest BCUT2D eigenvalue weighted by molar-refractivity contribution is 5.80. The molecule has 3 atom stereocenters. The van der Waals surface area contributed by atoms with Crippen LogP contribution in [0.2, 0.25) is 0 Å². The lowest BCUT2D eigenvalue weighted by Gasteiger charge is -2.38. The van der Waals surface area contributed by atoms with Crippen LogP contribution in [0, 0.1) is 0 Å². The maximum Gasteiger partial charge on any atom is 0.235 e. The first-order valence-corrected chi connectivity index (χ1v) is 6.04. The van der Waals surface area contributed by atoms with Crippen LogP contribution in [0.1, 0.15) is 19.3 Å². The van der Waals surface area contributed by atoms with Gasteiger partial charge < -0.3 is 15.8 Å². The number of nitrogens with two attached hydrogens (primary N) is 1. The summed E-state index contributed by atoms with van der Waals surface area (Å²) in [5, 5.41) is 2.97. The lowest BCUT2D eigenvalue weighted by atomic mass is 10.1. The largest absolute Gasteiger partial charge is 0.375 e. The zero-order valence-electron chi connectivity index (χ0n) is 9.82. The van der Waals surface area contributed by atoms with Crippen molar-refractivity contribution in [2.24, 2.45) is 5.73 Å². The summed E-state index contributed by atoms with van der Waals surface area (Å²) < 4.78 is 5.73. The van der Waals surface area contributed by atoms with Crippen molar-refractivity contribution in [2.45, 2.75) is 37.5 Å². The molecule has 0 aromatic heterocycles. The molecule has 5 nitrogen and oxygen atoms in total. The van der Waals surface area contributed by atoms with Crippen LogP contribution < -0.4 is 11.1 Å². The number of carbonyl (C=O) groups excluding carboxylic acids is 1. The number of carbonyl (C=O) groups is 1. The molecular formula is C11H21N3O2. The number of nitrogens with one attached hydrogen (secondary N) is 1. The predicted octanol–water partition coefficient (Wildman–Crippen LogP) is -0.687. The van der Waals surface area contributed by atoms with Gasteiger partial charge in [0, 0.05) is 19.1 Å². The van der Waals surface area contributed by atoms with Crippen LogP contribution in [0.5, 0.6) is 0 Å². The van der Waals surface area contributed by atoms with E-state index in [1.807, 2.05) is 0 Å². The third-order valence-electron chi connectivity index (χ3n) is 3.71. The van der Waals surface area contributed by atoms with E-state index < -0.39 is 0 Å². The van der Waals surface area contributed by atoms with E-state index in [0.29, 0.717) is 18.7 Å². The third-order valence-corrected chi connectivity index (χ3v) is 3.71. The smallest absolute Gasteiger partial charge is 0.235 e. The molecule has 1 saturated heterocycles. The van der Waals surface area contributed by atoms with Crippen molar-refractivity contribution in [3.8, 4) is 0 Å². The number of primary amides is 1. The summed E-state index contributed by atoms with van der Waals surface area (Å²) in [5.74, 6) is -0.275. The highest BCUT2D eigenvalue weighted by Crippen LogP contribution is 2.29. The Balaban J connectivity index is 1.94. The van der Waals surface area contributed by atoms with Gasteiger partial charge in [0.05, 0.1) is 18.8 Å². The lowest BCUT2D eigenvalue weighted by Crippen LogP contribution is -2.55. The lowest BCUT2D eigenvalue weighted by molar-refractivity contribution is -0.121. The second-order valence-electron chi connectivity index (χ2n) is 4.65. The van der Waals surface area contributed by atoms with E-state index in [2.05, 4.69) is 10.2 Å². The first-order chi connectivity index (χ1) is 7.72. The molecule has 1 aliphatic carbocycles. The first-order valence-electron chi connectivity index (χ1n) is 6.04. The molecule has 3 N–H and O–H groups in total. The van der Waals surface area contributed by atoms with Crippen molar-refractivity contribution in [3.05, 3.63) is 0 Å². The van der Waals surface area contributed by atoms with Crippen LogP contribution in [0.4, 0.5) is 0 Å². The van der Waals surface area contributed by atoms with Crippen molar-refractivity contribution < 1.29 is 9.53 Å². The van der Waals surface area contributed by atoms with Crippen LogP contribution in [-0.4, -0.2) is 55.7 Å². The zero-order chi connectivity index (χ0) is 11.5. The number of nitrogens with zero attached hydrogens (tertiary/aromatic N) is 1. The van der Waals surface area contributed by atoms with E-state index in [1.165, 1.54) is 12.8 Å². The average Bonchev–Trinajstić information content (AvgIpc) is 2.73. The van der Waals surface area contributed by atoms with Crippen molar-refractivity contribution in [2.75, 3.05) is 26.7 Å². The summed E-state index contributed by atoms with van der Waals surface area (Å²) in [7, 11) is 1.78. The third kappa shape index (κ3) is 2.36. The minimum atomic E-state index is -0.275. The van der Waals surface area contributed by atoms with E-state index in [9.17, 15) is 4.79 Å². The molecular weight excluding hydrogens is 206 g/mol. The van der Waals surface area contributed by atoms with Gasteiger partial charge in [-0.1, -0.05) is 0 Å². The molecule has 5 heteroatoms. The van der Waals surface area contributed by atoms with Crippen LogP contribution in [0.25, 0.3) is 0 Å². The van der Waals surface area contributed by atoms with Gasteiger partial charge in [0.1, 0.15) is 0 Å². The van der Waals surface area contributed by atoms with Crippen LogP contribution >= 0.6 is 0 Å². The van der Waals surface area contributed by atoms with E-state index in [4.69, 9.17) is 10.5 Å².